The van der Waals surface area contributed by atoms with Crippen molar-refractivity contribution in [1.29, 1.82) is 0 Å². The van der Waals surface area contributed by atoms with Crippen molar-refractivity contribution in [3.05, 3.63) is 17.3 Å². The van der Waals surface area contributed by atoms with E-state index in [1.54, 1.807) is 13.8 Å². The van der Waals surface area contributed by atoms with E-state index in [1.165, 1.54) is 6.92 Å². The van der Waals surface area contributed by atoms with Gasteiger partial charge in [-0.2, -0.15) is 13.2 Å². The second-order valence-corrected chi connectivity index (χ2v) is 3.60. The molecule has 0 spiro atoms. The lowest BCUT2D eigenvalue weighted by atomic mass is 10.2. The standard InChI is InChI=1S/C10H12F3NO3/c1-4-16-9(15)6-7(10(11,12)13)14-8(17-6)5(2)3/h5H,4H2,1-3H3. The van der Waals surface area contributed by atoms with Crippen LogP contribution in [0.1, 0.15) is 48.8 Å². The number of hydrogen-bond donors (Lipinski definition) is 0. The highest BCUT2D eigenvalue weighted by Crippen LogP contribution is 2.33. The zero-order valence-corrected chi connectivity index (χ0v) is 9.59. The van der Waals surface area contributed by atoms with Crippen LogP contribution < -0.4 is 0 Å². The van der Waals surface area contributed by atoms with Crippen LogP contribution in [-0.2, 0) is 10.9 Å². The summed E-state index contributed by atoms with van der Waals surface area (Å²) in [6, 6.07) is 0. The van der Waals surface area contributed by atoms with Gasteiger partial charge >= 0.3 is 12.1 Å². The van der Waals surface area contributed by atoms with Gasteiger partial charge in [0.2, 0.25) is 5.76 Å². The van der Waals surface area contributed by atoms with E-state index in [9.17, 15) is 18.0 Å². The molecule has 1 aromatic rings. The van der Waals surface area contributed by atoms with E-state index in [1.807, 2.05) is 0 Å². The third kappa shape index (κ3) is 2.98. The highest BCUT2D eigenvalue weighted by atomic mass is 19.4. The average Bonchev–Trinajstić information content (AvgIpc) is 2.61. The molecule has 0 N–H and O–H groups in total. The summed E-state index contributed by atoms with van der Waals surface area (Å²) >= 11 is 0. The molecule has 1 aromatic heterocycles. The van der Waals surface area contributed by atoms with Crippen LogP contribution in [0.2, 0.25) is 0 Å². The second kappa shape index (κ2) is 4.77. The number of aromatic nitrogens is 1. The highest BCUT2D eigenvalue weighted by molar-refractivity contribution is 5.87. The first-order valence-electron chi connectivity index (χ1n) is 5.02. The van der Waals surface area contributed by atoms with E-state index >= 15 is 0 Å². The molecule has 0 unspecified atom stereocenters. The van der Waals surface area contributed by atoms with Gasteiger partial charge in [0, 0.05) is 5.92 Å². The molecule has 0 aliphatic heterocycles. The highest BCUT2D eigenvalue weighted by Gasteiger charge is 2.41. The Morgan fingerprint density at radius 3 is 2.47 bits per heavy atom. The van der Waals surface area contributed by atoms with Gasteiger partial charge in [0.15, 0.2) is 11.6 Å². The molecule has 0 radical (unpaired) electrons. The first kappa shape index (κ1) is 13.5. The number of carbonyl (C=O) groups excluding carboxylic acids is 1. The average molecular weight is 251 g/mol. The number of ether oxygens (including phenoxy) is 1. The largest absolute Gasteiger partial charge is 0.460 e. The number of rotatable bonds is 3. The van der Waals surface area contributed by atoms with Crippen molar-refractivity contribution >= 4 is 5.97 Å². The molecule has 7 heteroatoms. The van der Waals surface area contributed by atoms with E-state index in [-0.39, 0.29) is 18.4 Å². The van der Waals surface area contributed by atoms with Crippen LogP contribution in [0.5, 0.6) is 0 Å². The zero-order valence-electron chi connectivity index (χ0n) is 9.59. The first-order chi connectivity index (χ1) is 7.77. The number of hydrogen-bond acceptors (Lipinski definition) is 4. The van der Waals surface area contributed by atoms with E-state index in [2.05, 4.69) is 9.72 Å². The van der Waals surface area contributed by atoms with Crippen molar-refractivity contribution in [3.63, 3.8) is 0 Å². The summed E-state index contributed by atoms with van der Waals surface area (Å²) in [4.78, 5) is 14.6. The monoisotopic (exact) mass is 251 g/mol. The topological polar surface area (TPSA) is 52.3 Å². The van der Waals surface area contributed by atoms with Crippen LogP contribution >= 0.6 is 0 Å². The minimum absolute atomic E-state index is 0.0339. The number of oxazole rings is 1. The molecule has 0 amide bonds. The summed E-state index contributed by atoms with van der Waals surface area (Å²) in [5.74, 6) is -2.53. The Labute approximate surface area is 95.8 Å². The van der Waals surface area contributed by atoms with Crippen molar-refractivity contribution < 1.29 is 27.1 Å². The maximum absolute atomic E-state index is 12.6. The molecule has 0 saturated heterocycles. The molecular formula is C10H12F3NO3. The lowest BCUT2D eigenvalue weighted by Crippen LogP contribution is -2.14. The van der Waals surface area contributed by atoms with Gasteiger partial charge in [-0.05, 0) is 6.92 Å². The molecule has 1 heterocycles. The summed E-state index contributed by atoms with van der Waals surface area (Å²) < 4.78 is 47.1. The van der Waals surface area contributed by atoms with Gasteiger partial charge in [0.1, 0.15) is 0 Å². The van der Waals surface area contributed by atoms with Crippen LogP contribution in [0.3, 0.4) is 0 Å². The van der Waals surface area contributed by atoms with Crippen molar-refractivity contribution in [2.45, 2.75) is 32.9 Å². The Morgan fingerprint density at radius 2 is 2.06 bits per heavy atom. The summed E-state index contributed by atoms with van der Waals surface area (Å²) in [5.41, 5.74) is -1.33. The van der Waals surface area contributed by atoms with Crippen LogP contribution in [0.15, 0.2) is 4.42 Å². The molecule has 0 aliphatic carbocycles. The molecule has 17 heavy (non-hydrogen) atoms. The van der Waals surface area contributed by atoms with Crippen LogP contribution in [0, 0.1) is 0 Å². The van der Waals surface area contributed by atoms with Crippen LogP contribution in [0.4, 0.5) is 13.2 Å². The fraction of sp³-hybridized carbons (Fsp3) is 0.600. The predicted molar refractivity (Wildman–Crippen MR) is 51.6 cm³/mol. The van der Waals surface area contributed by atoms with Crippen LogP contribution in [0.25, 0.3) is 0 Å². The first-order valence-corrected chi connectivity index (χ1v) is 5.02. The van der Waals surface area contributed by atoms with Gasteiger partial charge in [-0.25, -0.2) is 9.78 Å². The SMILES string of the molecule is CCOC(=O)c1oc(C(C)C)nc1C(F)(F)F. The third-order valence-electron chi connectivity index (χ3n) is 1.87. The normalized spacial score (nSPS) is 11.9. The van der Waals surface area contributed by atoms with Crippen molar-refractivity contribution in [1.82, 2.24) is 4.98 Å². The second-order valence-electron chi connectivity index (χ2n) is 3.60. The third-order valence-corrected chi connectivity index (χ3v) is 1.87. The zero-order chi connectivity index (χ0) is 13.2. The fourth-order valence-electron chi connectivity index (χ4n) is 1.11. The van der Waals surface area contributed by atoms with Gasteiger partial charge in [-0.3, -0.25) is 0 Å². The molecule has 1 rings (SSSR count). The van der Waals surface area contributed by atoms with Gasteiger partial charge < -0.3 is 9.15 Å². The van der Waals surface area contributed by atoms with Gasteiger partial charge in [0.25, 0.3) is 0 Å². The lowest BCUT2D eigenvalue weighted by molar-refractivity contribution is -0.141. The summed E-state index contributed by atoms with van der Waals surface area (Å²) in [7, 11) is 0. The number of alkyl halides is 3. The summed E-state index contributed by atoms with van der Waals surface area (Å²) in [6.45, 7) is 4.68. The number of halogens is 3. The van der Waals surface area contributed by atoms with E-state index in [0.29, 0.717) is 0 Å². The maximum Gasteiger partial charge on any atom is 0.437 e. The van der Waals surface area contributed by atoms with Gasteiger partial charge in [0.05, 0.1) is 6.61 Å². The van der Waals surface area contributed by atoms with E-state index in [4.69, 9.17) is 4.42 Å². The molecule has 0 atom stereocenters. The molecular weight excluding hydrogens is 239 g/mol. The Morgan fingerprint density at radius 1 is 1.47 bits per heavy atom. The Bertz CT molecular complexity index is 409. The fourth-order valence-corrected chi connectivity index (χ4v) is 1.11. The molecule has 0 aliphatic rings. The van der Waals surface area contributed by atoms with Crippen molar-refractivity contribution in [2.24, 2.45) is 0 Å². The molecule has 0 fully saturated rings. The van der Waals surface area contributed by atoms with Crippen molar-refractivity contribution in [2.75, 3.05) is 6.61 Å². The Kier molecular flexibility index (Phi) is 3.79. The van der Waals surface area contributed by atoms with Crippen molar-refractivity contribution in [3.8, 4) is 0 Å². The molecule has 4 nitrogen and oxygen atoms in total. The number of nitrogens with zero attached hydrogens (tertiary/aromatic N) is 1. The maximum atomic E-state index is 12.6. The molecule has 96 valence electrons. The Balaban J connectivity index is 3.22. The van der Waals surface area contributed by atoms with Crippen LogP contribution in [-0.4, -0.2) is 17.6 Å². The number of carbonyl (C=O) groups is 1. The van der Waals surface area contributed by atoms with Gasteiger partial charge in [-0.15, -0.1) is 0 Å². The van der Waals surface area contributed by atoms with E-state index < -0.39 is 23.6 Å². The minimum atomic E-state index is -4.74. The lowest BCUT2D eigenvalue weighted by Gasteiger charge is -2.03. The number of esters is 1. The molecule has 0 aromatic carbocycles. The predicted octanol–water partition coefficient (Wildman–Crippen LogP) is 2.99. The van der Waals surface area contributed by atoms with E-state index in [0.717, 1.165) is 0 Å². The summed E-state index contributed by atoms with van der Waals surface area (Å²) in [6.07, 6.45) is -4.74. The smallest absolute Gasteiger partial charge is 0.437 e. The quantitative estimate of drug-likeness (QED) is 0.775. The van der Waals surface area contributed by atoms with Gasteiger partial charge in [-0.1, -0.05) is 13.8 Å². The summed E-state index contributed by atoms with van der Waals surface area (Å²) in [5, 5.41) is 0. The molecule has 0 bridgehead atoms. The Hall–Kier alpha value is -1.53. The molecule has 0 saturated carbocycles. The minimum Gasteiger partial charge on any atom is -0.460 e.